The van der Waals surface area contributed by atoms with Gasteiger partial charge in [0.2, 0.25) is 0 Å². The molecule has 0 spiro atoms. The summed E-state index contributed by atoms with van der Waals surface area (Å²) in [5.74, 6) is -4.34. The quantitative estimate of drug-likeness (QED) is 0.485. The molecule has 1 heterocycles. The van der Waals surface area contributed by atoms with Gasteiger partial charge in [-0.25, -0.2) is 17.8 Å². The van der Waals surface area contributed by atoms with E-state index >= 15 is 0 Å². The van der Waals surface area contributed by atoms with Crippen LogP contribution in [0, 0.1) is 23.3 Å². The predicted octanol–water partition coefficient (Wildman–Crippen LogP) is 5.16. The molecule has 2 aromatic carbocycles. The lowest BCUT2D eigenvalue weighted by molar-refractivity contribution is -0.142. The normalized spacial score (nSPS) is 13.3. The molecule has 1 amide bonds. The van der Waals surface area contributed by atoms with Gasteiger partial charge in [-0.2, -0.15) is 13.2 Å². The van der Waals surface area contributed by atoms with Crippen molar-refractivity contribution in [2.45, 2.75) is 18.0 Å². The molecule has 1 atom stereocenters. The van der Waals surface area contributed by atoms with Crippen LogP contribution in [0.1, 0.15) is 21.6 Å². The first-order valence-corrected chi connectivity index (χ1v) is 11.0. The van der Waals surface area contributed by atoms with Crippen LogP contribution in [0.3, 0.4) is 0 Å². The standard InChI is InChI=1S/C20H15F5N4O3S/c1-10-16(18(30)27-13-4-3-5-15(9-13)33(2,26)31)19(29-28-17(10)20(23,24)25)32-14-7-11(21)6-12(22)8-14/h3-9,26H,1-2H3,(H,27,30). The molecular weight excluding hydrogens is 471 g/mol. The SMILES string of the molecule is Cc1c(C(F)(F)F)nnc(Oc2cc(F)cc(F)c2)c1C(=O)Nc1cccc(S(C)(=N)=O)c1. The highest BCUT2D eigenvalue weighted by molar-refractivity contribution is 7.91. The van der Waals surface area contributed by atoms with Crippen molar-refractivity contribution in [1.82, 2.24) is 10.2 Å². The average molecular weight is 486 g/mol. The highest BCUT2D eigenvalue weighted by Crippen LogP contribution is 2.35. The zero-order chi connectivity index (χ0) is 24.6. The first kappa shape index (κ1) is 24.0. The number of rotatable bonds is 5. The van der Waals surface area contributed by atoms with Crippen LogP contribution in [-0.2, 0) is 15.9 Å². The van der Waals surface area contributed by atoms with Crippen molar-refractivity contribution >= 4 is 21.3 Å². The summed E-state index contributed by atoms with van der Waals surface area (Å²) in [6.45, 7) is 0.963. The predicted molar refractivity (Wildman–Crippen MR) is 108 cm³/mol. The van der Waals surface area contributed by atoms with Gasteiger partial charge in [-0.3, -0.25) is 4.79 Å². The molecule has 174 valence electrons. The average Bonchev–Trinajstić information content (AvgIpc) is 2.65. The minimum Gasteiger partial charge on any atom is -0.437 e. The summed E-state index contributed by atoms with van der Waals surface area (Å²) in [4.78, 5) is 13.0. The Kier molecular flexibility index (Phi) is 6.36. The van der Waals surface area contributed by atoms with Crippen LogP contribution in [0.2, 0.25) is 0 Å². The minimum absolute atomic E-state index is 0.0341. The van der Waals surface area contributed by atoms with Crippen LogP contribution < -0.4 is 10.1 Å². The molecule has 0 fully saturated rings. The Hall–Kier alpha value is -3.61. The molecule has 13 heteroatoms. The summed E-state index contributed by atoms with van der Waals surface area (Å²) >= 11 is 0. The zero-order valence-electron chi connectivity index (χ0n) is 17.0. The number of hydrogen-bond donors (Lipinski definition) is 2. The molecule has 7 nitrogen and oxygen atoms in total. The largest absolute Gasteiger partial charge is 0.437 e. The number of carbonyl (C=O) groups excluding carboxylic acids is 1. The summed E-state index contributed by atoms with van der Waals surface area (Å²) < 4.78 is 91.8. The minimum atomic E-state index is -4.95. The second-order valence-electron chi connectivity index (χ2n) is 6.88. The Bertz CT molecular complexity index is 1320. The van der Waals surface area contributed by atoms with Crippen molar-refractivity contribution in [3.8, 4) is 11.6 Å². The molecule has 0 saturated carbocycles. The van der Waals surface area contributed by atoms with Gasteiger partial charge in [-0.15, -0.1) is 10.2 Å². The van der Waals surface area contributed by atoms with E-state index in [1.807, 2.05) is 0 Å². The fourth-order valence-corrected chi connectivity index (χ4v) is 3.51. The second-order valence-corrected chi connectivity index (χ2v) is 9.04. The third-order valence-corrected chi connectivity index (χ3v) is 5.43. The van der Waals surface area contributed by atoms with E-state index in [1.54, 1.807) is 0 Å². The Labute approximate surface area is 184 Å². The summed E-state index contributed by atoms with van der Waals surface area (Å²) in [5.41, 5.74) is -2.75. The van der Waals surface area contributed by atoms with Crippen molar-refractivity contribution in [2.75, 3.05) is 11.6 Å². The fraction of sp³-hybridized carbons (Fsp3) is 0.150. The number of amides is 1. The van der Waals surface area contributed by atoms with E-state index in [-0.39, 0.29) is 10.6 Å². The molecule has 0 radical (unpaired) electrons. The molecule has 2 N–H and O–H groups in total. The smallest absolute Gasteiger partial charge is 0.435 e. The Morgan fingerprint density at radius 2 is 1.73 bits per heavy atom. The number of nitrogens with one attached hydrogen (secondary N) is 2. The summed E-state index contributed by atoms with van der Waals surface area (Å²) in [7, 11) is -3.14. The number of benzene rings is 2. The van der Waals surface area contributed by atoms with E-state index in [0.717, 1.165) is 25.3 Å². The van der Waals surface area contributed by atoms with Crippen LogP contribution in [0.5, 0.6) is 11.6 Å². The van der Waals surface area contributed by atoms with Crippen molar-refractivity contribution in [3.63, 3.8) is 0 Å². The van der Waals surface area contributed by atoms with Crippen molar-refractivity contribution in [1.29, 1.82) is 4.78 Å². The number of hydrogen-bond acceptors (Lipinski definition) is 6. The molecule has 0 saturated heterocycles. The summed E-state index contributed by atoms with van der Waals surface area (Å²) in [6, 6.07) is 7.42. The number of nitrogens with zero attached hydrogens (tertiary/aromatic N) is 2. The van der Waals surface area contributed by atoms with Gasteiger partial charge in [-0.1, -0.05) is 6.07 Å². The maximum atomic E-state index is 13.5. The molecule has 0 aliphatic rings. The van der Waals surface area contributed by atoms with E-state index in [4.69, 9.17) is 9.52 Å². The molecule has 0 bridgehead atoms. The number of carbonyl (C=O) groups is 1. The van der Waals surface area contributed by atoms with Crippen LogP contribution in [0.25, 0.3) is 0 Å². The van der Waals surface area contributed by atoms with Crippen LogP contribution in [0.4, 0.5) is 27.6 Å². The molecule has 3 aromatic rings. The molecule has 0 aliphatic carbocycles. The first-order valence-electron chi connectivity index (χ1n) is 8.99. The first-order chi connectivity index (χ1) is 15.3. The van der Waals surface area contributed by atoms with Crippen LogP contribution in [0.15, 0.2) is 47.4 Å². The molecule has 3 rings (SSSR count). The summed E-state index contributed by atoms with van der Waals surface area (Å²) in [5, 5.41) is 8.69. The molecular formula is C20H15F5N4O3S. The number of aromatic nitrogens is 2. The maximum Gasteiger partial charge on any atom is 0.435 e. The van der Waals surface area contributed by atoms with Gasteiger partial charge in [-0.05, 0) is 30.7 Å². The van der Waals surface area contributed by atoms with Gasteiger partial charge in [0.1, 0.15) is 22.9 Å². The van der Waals surface area contributed by atoms with E-state index < -0.39 is 61.9 Å². The fourth-order valence-electron chi connectivity index (χ4n) is 2.82. The van der Waals surface area contributed by atoms with Gasteiger partial charge in [0.05, 0.1) is 9.73 Å². The Morgan fingerprint density at radius 3 is 2.30 bits per heavy atom. The maximum absolute atomic E-state index is 13.5. The van der Waals surface area contributed by atoms with Gasteiger partial charge < -0.3 is 10.1 Å². The second kappa shape index (κ2) is 8.73. The zero-order valence-corrected chi connectivity index (χ0v) is 17.8. The van der Waals surface area contributed by atoms with E-state index in [1.165, 1.54) is 24.3 Å². The molecule has 33 heavy (non-hydrogen) atoms. The third-order valence-electron chi connectivity index (χ3n) is 4.27. The van der Waals surface area contributed by atoms with E-state index in [0.29, 0.717) is 6.07 Å². The van der Waals surface area contributed by atoms with Crippen molar-refractivity contribution < 1.29 is 35.7 Å². The molecule has 1 aromatic heterocycles. The van der Waals surface area contributed by atoms with E-state index in [2.05, 4.69) is 15.5 Å². The monoisotopic (exact) mass is 486 g/mol. The Morgan fingerprint density at radius 1 is 1.09 bits per heavy atom. The highest BCUT2D eigenvalue weighted by atomic mass is 32.2. The lowest BCUT2D eigenvalue weighted by Gasteiger charge is -2.16. The van der Waals surface area contributed by atoms with Gasteiger partial charge in [0.15, 0.2) is 5.69 Å². The third kappa shape index (κ3) is 5.61. The van der Waals surface area contributed by atoms with E-state index in [9.17, 15) is 31.0 Å². The highest BCUT2D eigenvalue weighted by Gasteiger charge is 2.38. The van der Waals surface area contributed by atoms with Gasteiger partial charge >= 0.3 is 6.18 Å². The van der Waals surface area contributed by atoms with Crippen LogP contribution >= 0.6 is 0 Å². The Balaban J connectivity index is 2.08. The van der Waals surface area contributed by atoms with Crippen molar-refractivity contribution in [2.24, 2.45) is 0 Å². The number of alkyl halides is 3. The number of ether oxygens (including phenoxy) is 1. The van der Waals surface area contributed by atoms with Gasteiger partial charge in [0, 0.05) is 35.0 Å². The summed E-state index contributed by atoms with van der Waals surface area (Å²) in [6.07, 6.45) is -3.79. The van der Waals surface area contributed by atoms with Crippen molar-refractivity contribution in [3.05, 3.63) is 70.9 Å². The lowest BCUT2D eigenvalue weighted by atomic mass is 10.1. The molecule has 1 unspecified atom stereocenters. The molecule has 0 aliphatic heterocycles. The topological polar surface area (TPSA) is 105 Å². The lowest BCUT2D eigenvalue weighted by Crippen LogP contribution is -2.21. The van der Waals surface area contributed by atoms with Crippen LogP contribution in [-0.4, -0.2) is 26.6 Å². The van der Waals surface area contributed by atoms with Gasteiger partial charge in [0.25, 0.3) is 11.8 Å². The number of anilines is 1. The number of halogens is 5.